The van der Waals surface area contributed by atoms with E-state index in [-0.39, 0.29) is 17.7 Å². The van der Waals surface area contributed by atoms with Gasteiger partial charge in [0, 0.05) is 10.4 Å². The van der Waals surface area contributed by atoms with Gasteiger partial charge in [-0.2, -0.15) is 0 Å². The van der Waals surface area contributed by atoms with Gasteiger partial charge in [0.05, 0.1) is 21.8 Å². The van der Waals surface area contributed by atoms with Crippen LogP contribution < -0.4 is 4.90 Å². The molecule has 0 aromatic heterocycles. The Labute approximate surface area is 185 Å². The smallest absolute Gasteiger partial charge is 0.239 e. The molecule has 3 aromatic rings. The summed E-state index contributed by atoms with van der Waals surface area (Å²) >= 11 is 7.47. The number of hydrogen-bond donors (Lipinski definition) is 0. The number of halogens is 2. The number of alkyl halides is 1. The van der Waals surface area contributed by atoms with Gasteiger partial charge in [-0.05, 0) is 40.5 Å². The van der Waals surface area contributed by atoms with Crippen molar-refractivity contribution in [2.45, 2.75) is 10.2 Å². The zero-order chi connectivity index (χ0) is 19.9. The van der Waals surface area contributed by atoms with E-state index < -0.39 is 16.2 Å². The van der Waals surface area contributed by atoms with Gasteiger partial charge >= 0.3 is 0 Å². The van der Waals surface area contributed by atoms with Crippen molar-refractivity contribution in [1.29, 1.82) is 0 Å². The van der Waals surface area contributed by atoms with Crippen molar-refractivity contribution in [2.75, 3.05) is 4.90 Å². The van der Waals surface area contributed by atoms with Crippen molar-refractivity contribution < 1.29 is 9.59 Å². The molecule has 0 N–H and O–H groups in total. The van der Waals surface area contributed by atoms with Crippen LogP contribution in [0.25, 0.3) is 0 Å². The topological polar surface area (TPSA) is 37.4 Å². The molecule has 142 valence electrons. The first-order chi connectivity index (χ1) is 14.0. The molecule has 1 heterocycles. The van der Waals surface area contributed by atoms with Crippen LogP contribution in [0.4, 0.5) is 5.69 Å². The van der Waals surface area contributed by atoms with Gasteiger partial charge in [0.25, 0.3) is 0 Å². The maximum Gasteiger partial charge on any atom is 0.239 e. The normalized spacial score (nSPS) is 28.9. The molecule has 2 amide bonds. The zero-order valence-corrected chi connectivity index (χ0v) is 18.4. The lowest BCUT2D eigenvalue weighted by atomic mass is 9.55. The Kier molecular flexibility index (Phi) is 3.58. The van der Waals surface area contributed by atoms with Gasteiger partial charge in [-0.25, -0.2) is 4.90 Å². The predicted molar refractivity (Wildman–Crippen MR) is 118 cm³/mol. The molecule has 3 aromatic carbocycles. The highest BCUT2D eigenvalue weighted by atomic mass is 79.9. The average molecular weight is 509 g/mol. The van der Waals surface area contributed by atoms with Crippen molar-refractivity contribution >= 4 is 49.4 Å². The third-order valence-electron chi connectivity index (χ3n) is 6.58. The highest BCUT2D eigenvalue weighted by Gasteiger charge is 2.67. The second-order valence-corrected chi connectivity index (χ2v) is 10.0. The Hall–Kier alpha value is -2.24. The third-order valence-corrected chi connectivity index (χ3v) is 8.42. The van der Waals surface area contributed by atoms with E-state index >= 15 is 0 Å². The number of hydrogen-bond acceptors (Lipinski definition) is 2. The Morgan fingerprint density at radius 3 is 2.03 bits per heavy atom. The number of carbonyl (C=O) groups is 2. The number of imide groups is 1. The summed E-state index contributed by atoms with van der Waals surface area (Å²) in [6, 6.07) is 23.8. The zero-order valence-electron chi connectivity index (χ0n) is 15.2. The second kappa shape index (κ2) is 5.89. The summed E-state index contributed by atoms with van der Waals surface area (Å²) in [4.78, 5) is 28.8. The Bertz CT molecular complexity index is 1170. The van der Waals surface area contributed by atoms with Crippen LogP contribution in [-0.4, -0.2) is 11.8 Å². The van der Waals surface area contributed by atoms with Crippen LogP contribution in [0, 0.1) is 11.8 Å². The van der Waals surface area contributed by atoms with Crippen LogP contribution in [0.5, 0.6) is 0 Å². The first kappa shape index (κ1) is 17.6. The van der Waals surface area contributed by atoms with Gasteiger partial charge in [-0.15, -0.1) is 0 Å². The van der Waals surface area contributed by atoms with Crippen molar-refractivity contribution in [3.8, 4) is 0 Å². The minimum Gasteiger partial charge on any atom is -0.274 e. The van der Waals surface area contributed by atoms with E-state index in [2.05, 4.69) is 56.1 Å². The number of rotatable bonds is 1. The van der Waals surface area contributed by atoms with Gasteiger partial charge in [0.1, 0.15) is 0 Å². The van der Waals surface area contributed by atoms with E-state index in [0.29, 0.717) is 5.69 Å². The molecule has 5 heteroatoms. The first-order valence-corrected chi connectivity index (χ1v) is 11.1. The minimum atomic E-state index is -0.701. The van der Waals surface area contributed by atoms with E-state index in [1.54, 1.807) is 0 Å². The van der Waals surface area contributed by atoms with Crippen molar-refractivity contribution in [1.82, 2.24) is 0 Å². The first-order valence-electron chi connectivity index (χ1n) is 9.54. The number of anilines is 1. The van der Waals surface area contributed by atoms with E-state index in [9.17, 15) is 9.59 Å². The van der Waals surface area contributed by atoms with Crippen LogP contribution in [0.2, 0.25) is 0 Å². The van der Waals surface area contributed by atoms with Crippen molar-refractivity contribution in [2.24, 2.45) is 11.8 Å². The van der Waals surface area contributed by atoms with Crippen LogP contribution in [-0.2, 0) is 13.9 Å². The maximum atomic E-state index is 13.7. The number of carbonyl (C=O) groups excluding carboxylic acids is 2. The van der Waals surface area contributed by atoms with Crippen LogP contribution in [0.1, 0.15) is 28.2 Å². The van der Waals surface area contributed by atoms with E-state index in [4.69, 9.17) is 0 Å². The molecule has 0 spiro atoms. The lowest BCUT2D eigenvalue weighted by molar-refractivity contribution is -0.122. The molecular formula is C24H15Br2NO2. The van der Waals surface area contributed by atoms with E-state index in [0.717, 1.165) is 26.7 Å². The predicted octanol–water partition coefficient (Wildman–Crippen LogP) is 5.35. The molecule has 0 radical (unpaired) electrons. The van der Waals surface area contributed by atoms with Crippen molar-refractivity contribution in [3.05, 3.63) is 99.5 Å². The third kappa shape index (κ3) is 2.07. The van der Waals surface area contributed by atoms with E-state index in [1.807, 2.05) is 48.5 Å². The fourth-order valence-corrected chi connectivity index (χ4v) is 7.14. The molecule has 1 saturated heterocycles. The van der Waals surface area contributed by atoms with Gasteiger partial charge in [-0.3, -0.25) is 9.59 Å². The van der Waals surface area contributed by atoms with Crippen molar-refractivity contribution in [3.63, 3.8) is 0 Å². The SMILES string of the molecule is O=C1[C@H]2C3c4ccccc4C(Br)(c4ccccc43)[C@H]2C(=O)N1c1cccc(Br)c1. The fourth-order valence-electron chi connectivity index (χ4n) is 5.55. The number of nitrogens with zero attached hydrogens (tertiary/aromatic N) is 1. The molecule has 7 rings (SSSR count). The lowest BCUT2D eigenvalue weighted by Crippen LogP contribution is -2.50. The molecule has 2 atom stereocenters. The lowest BCUT2D eigenvalue weighted by Gasteiger charge is -2.51. The highest BCUT2D eigenvalue weighted by Crippen LogP contribution is 2.66. The van der Waals surface area contributed by atoms with Gasteiger partial charge in [-0.1, -0.05) is 86.5 Å². The minimum absolute atomic E-state index is 0.111. The van der Waals surface area contributed by atoms with Crippen LogP contribution in [0.3, 0.4) is 0 Å². The van der Waals surface area contributed by atoms with Crippen LogP contribution >= 0.6 is 31.9 Å². The average Bonchev–Trinajstić information content (AvgIpc) is 3.00. The molecule has 0 unspecified atom stereocenters. The summed E-state index contributed by atoms with van der Waals surface area (Å²) in [5, 5.41) is 0. The monoisotopic (exact) mass is 507 g/mol. The summed E-state index contributed by atoms with van der Waals surface area (Å²) in [5.41, 5.74) is 5.10. The Morgan fingerprint density at radius 2 is 1.41 bits per heavy atom. The summed E-state index contributed by atoms with van der Waals surface area (Å²) in [7, 11) is 0. The number of amides is 2. The molecule has 1 aliphatic heterocycles. The fraction of sp³-hybridized carbons (Fsp3) is 0.167. The van der Waals surface area contributed by atoms with Gasteiger partial charge < -0.3 is 0 Å². The molecule has 3 aliphatic carbocycles. The quantitative estimate of drug-likeness (QED) is 0.328. The summed E-state index contributed by atoms with van der Waals surface area (Å²) in [5.74, 6) is -1.24. The second-order valence-electron chi connectivity index (χ2n) is 7.86. The number of benzene rings is 3. The van der Waals surface area contributed by atoms with Gasteiger partial charge in [0.15, 0.2) is 0 Å². The summed E-state index contributed by atoms with van der Waals surface area (Å²) in [6.07, 6.45) is 0. The summed E-state index contributed by atoms with van der Waals surface area (Å²) in [6.45, 7) is 0. The Balaban J connectivity index is 1.63. The standard InChI is InChI=1S/C24H15Br2NO2/c25-13-6-5-7-14(12-13)27-22(28)20-19-15-8-1-3-10-17(15)24(26,21(20)23(27)29)18-11-4-2-9-16(18)19/h1-12,19-21H/t19?,20-,21+,24?/m0/s1. The largest absolute Gasteiger partial charge is 0.274 e. The highest BCUT2D eigenvalue weighted by molar-refractivity contribution is 9.10. The molecule has 0 saturated carbocycles. The maximum absolute atomic E-state index is 13.7. The molecule has 1 fully saturated rings. The summed E-state index contributed by atoms with van der Waals surface area (Å²) < 4.78 is 0.140. The Morgan fingerprint density at radius 1 is 0.793 bits per heavy atom. The van der Waals surface area contributed by atoms with E-state index in [1.165, 1.54) is 4.90 Å². The molecule has 29 heavy (non-hydrogen) atoms. The van der Waals surface area contributed by atoms with Gasteiger partial charge in [0.2, 0.25) is 11.8 Å². The van der Waals surface area contributed by atoms with Crippen LogP contribution in [0.15, 0.2) is 77.3 Å². The molecule has 4 aliphatic rings. The molecule has 3 nitrogen and oxygen atoms in total. The molecular weight excluding hydrogens is 494 g/mol. The molecule has 2 bridgehead atoms.